The number of hydrogen-bond acceptors (Lipinski definition) is 8. The van der Waals surface area contributed by atoms with Crippen molar-refractivity contribution in [2.75, 3.05) is 19.4 Å². The molecule has 5 rings (SSSR count). The number of para-hydroxylation sites is 1. The molecule has 1 aliphatic heterocycles. The molecule has 0 aliphatic carbocycles. The molecule has 0 saturated carbocycles. The summed E-state index contributed by atoms with van der Waals surface area (Å²) in [5.41, 5.74) is 3.18. The second-order valence-corrected chi connectivity index (χ2v) is 10.9. The third kappa shape index (κ3) is 4.19. The van der Waals surface area contributed by atoms with Crippen molar-refractivity contribution in [3.05, 3.63) is 70.0 Å². The molecule has 1 atom stereocenters. The summed E-state index contributed by atoms with van der Waals surface area (Å²) in [6.07, 6.45) is 0. The molecule has 0 bridgehead atoms. The summed E-state index contributed by atoms with van der Waals surface area (Å²) >= 11 is 2.66. The number of nitrogens with one attached hydrogen (secondary N) is 1. The summed E-state index contributed by atoms with van der Waals surface area (Å²) in [5.74, 6) is 0.604. The van der Waals surface area contributed by atoms with E-state index in [1.807, 2.05) is 62.4 Å². The van der Waals surface area contributed by atoms with E-state index in [1.54, 1.807) is 24.5 Å². The molecule has 0 radical (unpaired) electrons. The van der Waals surface area contributed by atoms with Crippen LogP contribution in [0.5, 0.6) is 11.6 Å². The van der Waals surface area contributed by atoms with E-state index >= 15 is 0 Å². The summed E-state index contributed by atoms with van der Waals surface area (Å²) in [4.78, 5) is 33.6. The Labute approximate surface area is 210 Å². The summed E-state index contributed by atoms with van der Waals surface area (Å²) in [6.45, 7) is 3.82. The molecule has 8 nitrogen and oxygen atoms in total. The second-order valence-electron chi connectivity index (χ2n) is 8.95. The molecule has 0 unspecified atom stereocenters. The molecule has 4 aromatic rings. The largest absolute Gasteiger partial charge is 0.438 e. The summed E-state index contributed by atoms with van der Waals surface area (Å²) in [7, 11) is 3.46. The Morgan fingerprint density at radius 3 is 2.60 bits per heavy atom. The Kier molecular flexibility index (Phi) is 5.86. The summed E-state index contributed by atoms with van der Waals surface area (Å²) < 4.78 is 6.21. The van der Waals surface area contributed by atoms with Crippen LogP contribution < -0.4 is 10.1 Å². The van der Waals surface area contributed by atoms with Crippen LogP contribution in [0.2, 0.25) is 0 Å². The third-order valence-corrected chi connectivity index (χ3v) is 7.70. The number of hydrogen-bond donors (Lipinski definition) is 1. The maximum Gasteiger partial charge on any atom is 0.263 e. The van der Waals surface area contributed by atoms with E-state index in [1.165, 1.54) is 22.7 Å². The maximum absolute atomic E-state index is 13.4. The van der Waals surface area contributed by atoms with Crippen molar-refractivity contribution in [2.24, 2.45) is 5.41 Å². The van der Waals surface area contributed by atoms with Crippen LogP contribution in [0.15, 0.2) is 54.0 Å². The first kappa shape index (κ1) is 23.1. The van der Waals surface area contributed by atoms with Gasteiger partial charge in [-0.15, -0.1) is 21.5 Å². The van der Waals surface area contributed by atoms with E-state index in [0.717, 1.165) is 16.0 Å². The zero-order chi connectivity index (χ0) is 24.7. The first-order chi connectivity index (χ1) is 16.8. The van der Waals surface area contributed by atoms with Gasteiger partial charge < -0.3 is 15.0 Å². The van der Waals surface area contributed by atoms with Crippen LogP contribution in [0.3, 0.4) is 0 Å². The monoisotopic (exact) mass is 505 g/mol. The van der Waals surface area contributed by atoms with Gasteiger partial charge in [-0.3, -0.25) is 9.59 Å². The van der Waals surface area contributed by atoms with Gasteiger partial charge in [0.05, 0.1) is 20.9 Å². The van der Waals surface area contributed by atoms with Gasteiger partial charge >= 0.3 is 0 Å². The first-order valence-electron chi connectivity index (χ1n) is 10.9. The number of carbonyl (C=O) groups is 2. The fourth-order valence-electron chi connectivity index (χ4n) is 4.18. The maximum atomic E-state index is 13.4. The number of pyridine rings is 1. The molecular formula is C25H23N5O3S2. The normalized spacial score (nSPS) is 14.5. The zero-order valence-corrected chi connectivity index (χ0v) is 21.2. The van der Waals surface area contributed by atoms with E-state index in [2.05, 4.69) is 15.5 Å². The number of benzene rings is 1. The Hall–Kier alpha value is -3.63. The molecule has 1 aromatic carbocycles. The number of carbonyl (C=O) groups excluding carboxylic acids is 2. The predicted molar refractivity (Wildman–Crippen MR) is 136 cm³/mol. The number of ether oxygens (including phenoxy) is 1. The molecule has 3 aromatic heterocycles. The molecule has 1 aliphatic rings. The minimum Gasteiger partial charge on any atom is -0.438 e. The predicted octanol–water partition coefficient (Wildman–Crippen LogP) is 5.27. The van der Waals surface area contributed by atoms with Crippen LogP contribution in [0.1, 0.15) is 40.6 Å². The Balaban J connectivity index is 1.54. The second kappa shape index (κ2) is 8.86. The zero-order valence-electron chi connectivity index (χ0n) is 19.6. The Morgan fingerprint density at radius 1 is 1.06 bits per heavy atom. The van der Waals surface area contributed by atoms with E-state index < -0.39 is 5.41 Å². The van der Waals surface area contributed by atoms with E-state index in [4.69, 9.17) is 9.72 Å². The highest BCUT2D eigenvalue weighted by atomic mass is 32.1. The van der Waals surface area contributed by atoms with Crippen molar-refractivity contribution in [1.29, 1.82) is 0 Å². The fourth-order valence-corrected chi connectivity index (χ4v) is 5.62. The fraction of sp³-hybridized carbons (Fsp3) is 0.240. The van der Waals surface area contributed by atoms with Crippen molar-refractivity contribution < 1.29 is 14.3 Å². The summed E-state index contributed by atoms with van der Waals surface area (Å²) in [5, 5.41) is 11.1. The SMILES string of the molecule is CN(C)C(=O)c1ccc(-c2ccc3c(n2)Oc2ccccc2[C@@H]3C(C)(C)C(=O)Nc2nncs2)s1. The van der Waals surface area contributed by atoms with Crippen LogP contribution in [0.25, 0.3) is 10.6 Å². The lowest BCUT2D eigenvalue weighted by Crippen LogP contribution is -2.38. The number of thiophene rings is 1. The van der Waals surface area contributed by atoms with Gasteiger partial charge in [0.15, 0.2) is 0 Å². The van der Waals surface area contributed by atoms with Crippen molar-refractivity contribution >= 4 is 39.6 Å². The molecule has 0 fully saturated rings. The quantitative estimate of drug-likeness (QED) is 0.397. The van der Waals surface area contributed by atoms with Gasteiger partial charge in [-0.2, -0.15) is 0 Å². The van der Waals surface area contributed by atoms with Gasteiger partial charge in [-0.25, -0.2) is 4.98 Å². The molecule has 10 heteroatoms. The van der Waals surface area contributed by atoms with Gasteiger partial charge in [0, 0.05) is 31.1 Å². The Morgan fingerprint density at radius 2 is 1.86 bits per heavy atom. The van der Waals surface area contributed by atoms with Gasteiger partial charge in [0.1, 0.15) is 11.3 Å². The number of rotatable bonds is 5. The van der Waals surface area contributed by atoms with Crippen molar-refractivity contribution in [1.82, 2.24) is 20.1 Å². The molecule has 0 spiro atoms. The van der Waals surface area contributed by atoms with Crippen LogP contribution in [-0.2, 0) is 4.79 Å². The number of nitrogens with zero attached hydrogens (tertiary/aromatic N) is 4. The third-order valence-electron chi connectivity index (χ3n) is 6.00. The average Bonchev–Trinajstić information content (AvgIpc) is 3.54. The minimum atomic E-state index is -0.849. The Bertz CT molecular complexity index is 1410. The molecule has 2 amide bonds. The number of amides is 2. The highest BCUT2D eigenvalue weighted by Crippen LogP contribution is 2.52. The average molecular weight is 506 g/mol. The van der Waals surface area contributed by atoms with Crippen molar-refractivity contribution in [3.8, 4) is 22.2 Å². The lowest BCUT2D eigenvalue weighted by atomic mass is 9.69. The van der Waals surface area contributed by atoms with Crippen molar-refractivity contribution in [2.45, 2.75) is 19.8 Å². The standard InChI is InChI=1S/C25H23N5O3S2/c1-25(2,23(32)28-24-29-26-13-34-24)20-14-7-5-6-8-17(14)33-21-15(20)9-10-16(27-21)18-11-12-19(35-18)22(31)30(3)4/h5-13,20H,1-4H3,(H,28,29,32)/t20-/m0/s1. The van der Waals surface area contributed by atoms with Crippen molar-refractivity contribution in [3.63, 3.8) is 0 Å². The summed E-state index contributed by atoms with van der Waals surface area (Å²) in [6, 6.07) is 15.3. The van der Waals surface area contributed by atoms with Crippen LogP contribution in [0, 0.1) is 5.41 Å². The van der Waals surface area contributed by atoms with Gasteiger partial charge in [-0.05, 0) is 24.3 Å². The highest BCUT2D eigenvalue weighted by Gasteiger charge is 2.44. The molecule has 35 heavy (non-hydrogen) atoms. The number of fused-ring (bicyclic) bond motifs is 2. The molecule has 1 N–H and O–H groups in total. The molecule has 178 valence electrons. The van der Waals surface area contributed by atoms with Gasteiger partial charge in [-0.1, -0.05) is 49.4 Å². The smallest absolute Gasteiger partial charge is 0.263 e. The molecular weight excluding hydrogens is 482 g/mol. The van der Waals surface area contributed by atoms with Crippen LogP contribution >= 0.6 is 22.7 Å². The van der Waals surface area contributed by atoms with Gasteiger partial charge in [0.25, 0.3) is 5.91 Å². The van der Waals surface area contributed by atoms with E-state index in [-0.39, 0.29) is 17.7 Å². The van der Waals surface area contributed by atoms with E-state index in [9.17, 15) is 9.59 Å². The number of anilines is 1. The number of aromatic nitrogens is 3. The lowest BCUT2D eigenvalue weighted by molar-refractivity contribution is -0.124. The van der Waals surface area contributed by atoms with E-state index in [0.29, 0.717) is 27.3 Å². The van der Waals surface area contributed by atoms with Gasteiger partial charge in [0.2, 0.25) is 16.9 Å². The highest BCUT2D eigenvalue weighted by molar-refractivity contribution is 7.17. The van der Waals surface area contributed by atoms with Crippen LogP contribution in [-0.4, -0.2) is 46.0 Å². The molecule has 0 saturated heterocycles. The lowest BCUT2D eigenvalue weighted by Gasteiger charge is -2.37. The van der Waals surface area contributed by atoms with Crippen LogP contribution in [0.4, 0.5) is 5.13 Å². The minimum absolute atomic E-state index is 0.0485. The molecule has 4 heterocycles. The first-order valence-corrected chi connectivity index (χ1v) is 12.6. The topological polar surface area (TPSA) is 97.3 Å².